The number of amides is 2. The van der Waals surface area contributed by atoms with Gasteiger partial charge in [-0.1, -0.05) is 6.42 Å². The van der Waals surface area contributed by atoms with Crippen LogP contribution < -0.4 is 42.9 Å². The molecule has 34 heteroatoms. The van der Waals surface area contributed by atoms with Gasteiger partial charge in [0, 0.05) is 39.5 Å². The van der Waals surface area contributed by atoms with E-state index in [4.69, 9.17) is 30.8 Å². The Morgan fingerprint density at radius 3 is 1.76 bits per heavy atom. The Bertz CT molecular complexity index is 4140. The van der Waals surface area contributed by atoms with Gasteiger partial charge in [-0.3, -0.25) is 33.4 Å². The summed E-state index contributed by atoms with van der Waals surface area (Å²) in [5.74, 6) is -1.96. The van der Waals surface area contributed by atoms with Crippen molar-refractivity contribution in [2.45, 2.75) is 78.3 Å². The number of nitrogens with one attached hydrogen (secondary N) is 3. The Hall–Kier alpha value is -8.02. The number of hydrogen-bond acceptors (Lipinski definition) is 20. The first-order valence-electron chi connectivity index (χ1n) is 28.9. The average Bonchev–Trinajstić information content (AvgIpc) is 1.60. The van der Waals surface area contributed by atoms with Gasteiger partial charge in [0.15, 0.2) is 12.0 Å². The van der Waals surface area contributed by atoms with Gasteiger partial charge in [-0.15, -0.1) is 0 Å². The first kappa shape index (κ1) is 77.7. The maximum Gasteiger partial charge on any atom is 0.404 e. The second kappa shape index (κ2) is 38.5. The number of halogens is 6. The first-order chi connectivity index (χ1) is 45.2. The van der Waals surface area contributed by atoms with E-state index >= 15 is 0 Å². The summed E-state index contributed by atoms with van der Waals surface area (Å²) in [5, 5.41) is 26.7. The zero-order valence-electron chi connectivity index (χ0n) is 51.4. The van der Waals surface area contributed by atoms with Gasteiger partial charge in [-0.25, -0.2) is 38.6 Å². The maximum atomic E-state index is 12.2. The minimum absolute atomic E-state index is 0.00921. The molecular weight excluding hydrogens is 1630 g/mol. The highest BCUT2D eigenvalue weighted by atomic mass is 79.9. The predicted octanol–water partition coefficient (Wildman–Crippen LogP) is 9.44. The molecule has 28 nitrogen and oxygen atoms in total. The number of ether oxygens (including phenoxy) is 4. The summed E-state index contributed by atoms with van der Waals surface area (Å²) in [7, 11) is 0. The number of hydrogen-bond donors (Lipinski definition) is 6. The maximum absolute atomic E-state index is 12.2. The molecule has 1 saturated heterocycles. The molecule has 2 aliphatic heterocycles. The van der Waals surface area contributed by atoms with Crippen LogP contribution >= 0.6 is 95.6 Å². The van der Waals surface area contributed by atoms with Gasteiger partial charge < -0.3 is 56.0 Å². The Morgan fingerprint density at radius 2 is 1.22 bits per heavy atom. The van der Waals surface area contributed by atoms with Gasteiger partial charge in [-0.05, 0) is 242 Å². The van der Waals surface area contributed by atoms with E-state index in [1.54, 1.807) is 72.4 Å². The zero-order chi connectivity index (χ0) is 69.9. The van der Waals surface area contributed by atoms with Crippen LogP contribution in [0.4, 0.5) is 5.82 Å². The van der Waals surface area contributed by atoms with Crippen LogP contribution in [0.2, 0.25) is 0 Å². The van der Waals surface area contributed by atoms with Crippen molar-refractivity contribution in [2.24, 2.45) is 5.73 Å². The van der Waals surface area contributed by atoms with Crippen LogP contribution in [0, 0.1) is 12.1 Å². The van der Waals surface area contributed by atoms with Crippen molar-refractivity contribution < 1.29 is 57.6 Å². The Kier molecular flexibility index (Phi) is 31.5. The molecule has 1 spiro atoms. The molecule has 8 aromatic rings. The molecule has 10 heterocycles. The Balaban J connectivity index is 0.000000203. The van der Waals surface area contributed by atoms with E-state index in [0.29, 0.717) is 53.0 Å². The van der Waals surface area contributed by atoms with Gasteiger partial charge in [0.2, 0.25) is 0 Å². The molecule has 1 saturated carbocycles. The second-order valence-corrected chi connectivity index (χ2v) is 25.2. The standard InChI is InChI=1S/C13H19N5O.C12H13BrN2O2.2C8H8BrNO3.C8H8BrNO2.C6H5BrN2O2.C6H4BrNO2/c1-10-11(19-7-6-17-4-2-3-5-17)8-18-12(10)13(14)15-9-16-18;13-8-4-5-9-10(16)14-12(15(9)11(8)17)6-2-1-3-7-12;1-2-13-8(11)7-4-3-6(9)5-10(7)12;1-2-13-8(12)6-4-3-5(9)7(11)10-6;1-2-12-8(11)7-4-3-6(9)5-10-7;7-3-1-2-4(5(8)10)9-6(3)11;7-4-1-2-5(6(9)10)8-3-4/h8-9H,2-7H2,1H3,(H2,14,15,16);4-5H,1-3,6-7H2,(H,14,16);3-5H,2H2,1H3;3-4H,2H2,1H3,(H,10,11);3-5H,2H2,1H3;1-2H,(H2,8,10)(H,9,11);1-3H,(H,9,10). The summed E-state index contributed by atoms with van der Waals surface area (Å²) in [6.07, 6.45) is 15.2. The lowest BCUT2D eigenvalue weighted by molar-refractivity contribution is -0.609. The number of likely N-dealkylation sites (tertiary alicyclic amines) is 1. The van der Waals surface area contributed by atoms with Crippen molar-refractivity contribution in [2.75, 3.05) is 51.8 Å². The number of rotatable bonds is 12. The molecule has 95 heavy (non-hydrogen) atoms. The highest BCUT2D eigenvalue weighted by Gasteiger charge is 2.44. The molecule has 3 aliphatic rings. The number of primary amides is 1. The quantitative estimate of drug-likeness (QED) is 0.0287. The fraction of sp³-hybridized carbons (Fsp3) is 0.311. The number of carbonyl (C=O) groups excluding carboxylic acids is 5. The molecule has 0 atom stereocenters. The van der Waals surface area contributed by atoms with Gasteiger partial charge >= 0.3 is 29.6 Å². The van der Waals surface area contributed by atoms with Gasteiger partial charge in [-0.2, -0.15) is 9.83 Å². The van der Waals surface area contributed by atoms with Crippen LogP contribution in [0.25, 0.3) is 5.52 Å². The SMILES string of the molecule is CCOC(=O)c1ccc(Br)c(=O)[nH]1.CCOC(=O)c1ccc(Br)c[n+]1[O-].CCOC(=O)c1ccc(Br)cn1.Cc1c(OCCN2CCCC2)cn2ncnc(N)c12.NC(=O)c1ccc(Br)c(=O)[nH]1.O=C(O)c1ccc(Br)cn1.O=C1NC2(CCCCC2)n2c1ccc(Br)c2=O. The van der Waals surface area contributed by atoms with E-state index in [-0.39, 0.29) is 64.5 Å². The van der Waals surface area contributed by atoms with E-state index in [0.717, 1.165) is 58.0 Å². The lowest BCUT2D eigenvalue weighted by atomic mass is 9.89. The van der Waals surface area contributed by atoms with Crippen molar-refractivity contribution in [3.8, 4) is 5.75 Å². The number of anilines is 1. The normalized spacial score (nSPS) is 13.0. The number of esters is 3. The van der Waals surface area contributed by atoms with Gasteiger partial charge in [0.1, 0.15) is 58.3 Å². The van der Waals surface area contributed by atoms with Crippen molar-refractivity contribution in [3.05, 3.63) is 207 Å². The van der Waals surface area contributed by atoms with E-state index in [1.165, 1.54) is 87.5 Å². The van der Waals surface area contributed by atoms with Crippen molar-refractivity contribution in [3.63, 3.8) is 0 Å². The number of H-pyrrole nitrogens is 2. The number of aromatic carboxylic acids is 1. The molecule has 0 aromatic carbocycles. The Morgan fingerprint density at radius 1 is 0.674 bits per heavy atom. The fourth-order valence-corrected chi connectivity index (χ4v) is 10.5. The summed E-state index contributed by atoms with van der Waals surface area (Å²) >= 11 is 18.7. The lowest BCUT2D eigenvalue weighted by Gasteiger charge is -2.35. The average molecular weight is 1700 g/mol. The molecule has 0 bridgehead atoms. The minimum atomic E-state index is -1.01. The third kappa shape index (κ3) is 23.4. The highest BCUT2D eigenvalue weighted by Crippen LogP contribution is 2.36. The van der Waals surface area contributed by atoms with E-state index < -0.39 is 29.5 Å². The molecule has 1 aliphatic carbocycles. The molecule has 2 fully saturated rings. The minimum Gasteiger partial charge on any atom is -0.618 e. The fourth-order valence-electron chi connectivity index (χ4n) is 8.94. The lowest BCUT2D eigenvalue weighted by Crippen LogP contribution is -2.48. The van der Waals surface area contributed by atoms with Crippen molar-refractivity contribution in [1.82, 2.24) is 49.3 Å². The number of carbonyl (C=O) groups is 6. The Labute approximate surface area is 593 Å². The summed E-state index contributed by atoms with van der Waals surface area (Å²) in [6.45, 7) is 12.1. The molecule has 8 N–H and O–H groups in total. The van der Waals surface area contributed by atoms with Crippen LogP contribution in [0.15, 0.2) is 145 Å². The number of nitrogens with two attached hydrogens (primary N) is 2. The molecule has 11 rings (SSSR count). The summed E-state index contributed by atoms with van der Waals surface area (Å²) in [5.41, 5.74) is 12.5. The smallest absolute Gasteiger partial charge is 0.404 e. The van der Waals surface area contributed by atoms with Gasteiger partial charge in [0.25, 0.3) is 28.5 Å². The number of carboxylic acids is 1. The number of nitrogens with zero attached hydrogens (tertiary/aromatic N) is 8. The number of carboxylic acid groups (broad SMARTS) is 1. The van der Waals surface area contributed by atoms with Crippen molar-refractivity contribution in [1.29, 1.82) is 0 Å². The third-order valence-corrected chi connectivity index (χ3v) is 16.7. The molecule has 2 amide bonds. The summed E-state index contributed by atoms with van der Waals surface area (Å²) in [4.78, 5) is 119. The van der Waals surface area contributed by atoms with Crippen LogP contribution in [0.3, 0.4) is 0 Å². The molecule has 0 radical (unpaired) electrons. The summed E-state index contributed by atoms with van der Waals surface area (Å²) < 4.78 is 27.3. The first-order valence-corrected chi connectivity index (χ1v) is 33.6. The van der Waals surface area contributed by atoms with Crippen LogP contribution in [0.1, 0.15) is 134 Å². The summed E-state index contributed by atoms with van der Waals surface area (Å²) in [6, 6.07) is 18.7. The van der Waals surface area contributed by atoms with Gasteiger partial charge in [0.05, 0.1) is 43.9 Å². The van der Waals surface area contributed by atoms with E-state index in [2.05, 4.69) is 141 Å². The second-order valence-electron chi connectivity index (χ2n) is 19.9. The molecule has 8 aromatic heterocycles. The number of pyridine rings is 6. The molecule has 506 valence electrons. The molecule has 0 unspecified atom stereocenters. The zero-order valence-corrected chi connectivity index (χ0v) is 60.9. The van der Waals surface area contributed by atoms with Crippen molar-refractivity contribution >= 4 is 143 Å². The monoisotopic (exact) mass is 1690 g/mol. The number of aromatic amines is 2. The largest absolute Gasteiger partial charge is 0.618 e. The number of fused-ring (bicyclic) bond motifs is 3. The third-order valence-electron chi connectivity index (χ3n) is 13.4. The molecular formula is C61H65Br6N13O15. The number of aromatic nitrogens is 9. The van der Waals surface area contributed by atoms with E-state index in [9.17, 15) is 48.4 Å². The number of aryl methyl sites for hydroxylation is 1. The van der Waals surface area contributed by atoms with Crippen LogP contribution in [0.5, 0.6) is 5.75 Å². The van der Waals surface area contributed by atoms with Crippen LogP contribution in [-0.2, 0) is 19.9 Å². The highest BCUT2D eigenvalue weighted by molar-refractivity contribution is 9.11. The number of nitrogen functional groups attached to an aromatic ring is 1. The topological polar surface area (TPSA) is 398 Å². The predicted molar refractivity (Wildman–Crippen MR) is 370 cm³/mol. The van der Waals surface area contributed by atoms with Crippen LogP contribution in [-0.4, -0.2) is 131 Å². The van der Waals surface area contributed by atoms with E-state index in [1.807, 2.05) is 13.1 Å².